The van der Waals surface area contributed by atoms with Gasteiger partial charge >= 0.3 is 5.97 Å². The van der Waals surface area contributed by atoms with Gasteiger partial charge in [-0.15, -0.1) is 0 Å². The van der Waals surface area contributed by atoms with Crippen LogP contribution in [-0.2, 0) is 9.53 Å². The first-order valence-corrected chi connectivity index (χ1v) is 9.83. The van der Waals surface area contributed by atoms with Gasteiger partial charge in [-0.1, -0.05) is 30.3 Å². The van der Waals surface area contributed by atoms with Crippen molar-refractivity contribution in [2.45, 2.75) is 5.92 Å². The van der Waals surface area contributed by atoms with E-state index >= 15 is 0 Å². The van der Waals surface area contributed by atoms with Crippen molar-refractivity contribution in [3.63, 3.8) is 0 Å². The van der Waals surface area contributed by atoms with Gasteiger partial charge < -0.3 is 24.2 Å². The number of para-hydroxylation sites is 1. The Hall–Kier alpha value is -4.00. The van der Waals surface area contributed by atoms with Crippen molar-refractivity contribution >= 4 is 22.8 Å². The van der Waals surface area contributed by atoms with Gasteiger partial charge in [-0.05, 0) is 41.5 Å². The molecule has 0 bridgehead atoms. The topological polar surface area (TPSA) is 93.6 Å². The lowest BCUT2D eigenvalue weighted by Crippen LogP contribution is -2.32. The third-order valence-corrected chi connectivity index (χ3v) is 5.07. The van der Waals surface area contributed by atoms with Gasteiger partial charge in [-0.2, -0.15) is 0 Å². The number of ether oxygens (including phenoxy) is 2. The summed E-state index contributed by atoms with van der Waals surface area (Å²) in [5.41, 5.74) is 3.11. The first-order valence-electron chi connectivity index (χ1n) is 9.83. The second kappa shape index (κ2) is 9.21. The van der Waals surface area contributed by atoms with Gasteiger partial charge in [0.2, 0.25) is 5.76 Å². The Bertz CT molecular complexity index is 1160. The molecule has 2 aromatic carbocycles. The van der Waals surface area contributed by atoms with Crippen LogP contribution in [0.5, 0.6) is 5.75 Å². The van der Waals surface area contributed by atoms with Crippen LogP contribution >= 0.6 is 0 Å². The van der Waals surface area contributed by atoms with E-state index in [4.69, 9.17) is 13.9 Å². The molecule has 2 heterocycles. The number of furan rings is 1. The molecule has 0 aliphatic carbocycles. The van der Waals surface area contributed by atoms with Crippen LogP contribution < -0.4 is 10.1 Å². The summed E-state index contributed by atoms with van der Waals surface area (Å²) in [7, 11) is 1.62. The first kappa shape index (κ1) is 20.3. The zero-order valence-corrected chi connectivity index (χ0v) is 17.0. The van der Waals surface area contributed by atoms with E-state index in [9.17, 15) is 9.59 Å². The zero-order chi connectivity index (χ0) is 21.6. The van der Waals surface area contributed by atoms with E-state index in [1.165, 1.54) is 12.3 Å². The summed E-state index contributed by atoms with van der Waals surface area (Å²) in [6.07, 6.45) is 3.33. The largest absolute Gasteiger partial charge is 0.497 e. The fraction of sp³-hybridized carbons (Fsp3) is 0.167. The fourth-order valence-corrected chi connectivity index (χ4v) is 3.49. The zero-order valence-electron chi connectivity index (χ0n) is 17.0. The molecule has 0 radical (unpaired) electrons. The number of rotatable bonds is 8. The highest BCUT2D eigenvalue weighted by molar-refractivity contribution is 5.89. The molecule has 0 saturated heterocycles. The molecule has 4 aromatic rings. The predicted octanol–water partition coefficient (Wildman–Crippen LogP) is 3.87. The van der Waals surface area contributed by atoms with Crippen LogP contribution in [0, 0.1) is 0 Å². The monoisotopic (exact) mass is 418 g/mol. The molecule has 0 aliphatic rings. The average molecular weight is 418 g/mol. The Morgan fingerprint density at radius 2 is 1.87 bits per heavy atom. The number of aromatic amines is 1. The summed E-state index contributed by atoms with van der Waals surface area (Å²) < 4.78 is 15.2. The number of carbonyl (C=O) groups excluding carboxylic acids is 2. The Balaban J connectivity index is 1.49. The molecule has 0 unspecified atom stereocenters. The Kier molecular flexibility index (Phi) is 6.03. The van der Waals surface area contributed by atoms with Crippen LogP contribution in [0.25, 0.3) is 10.9 Å². The molecule has 158 valence electrons. The molecule has 2 aromatic heterocycles. The molecular formula is C24H22N2O5. The normalized spacial score (nSPS) is 11.8. The highest BCUT2D eigenvalue weighted by atomic mass is 16.5. The van der Waals surface area contributed by atoms with Gasteiger partial charge in [0, 0.05) is 29.6 Å². The molecule has 0 spiro atoms. The second-order valence-corrected chi connectivity index (χ2v) is 6.97. The van der Waals surface area contributed by atoms with E-state index in [1.54, 1.807) is 13.2 Å². The predicted molar refractivity (Wildman–Crippen MR) is 115 cm³/mol. The summed E-state index contributed by atoms with van der Waals surface area (Å²) in [4.78, 5) is 27.5. The van der Waals surface area contributed by atoms with E-state index in [-0.39, 0.29) is 18.3 Å². The summed E-state index contributed by atoms with van der Waals surface area (Å²) in [6, 6.07) is 18.8. The summed E-state index contributed by atoms with van der Waals surface area (Å²) >= 11 is 0. The van der Waals surface area contributed by atoms with E-state index in [0.717, 1.165) is 27.8 Å². The minimum atomic E-state index is -0.677. The molecule has 2 N–H and O–H groups in total. The number of methoxy groups -OCH3 is 1. The number of hydrogen-bond donors (Lipinski definition) is 2. The van der Waals surface area contributed by atoms with Gasteiger partial charge in [0.15, 0.2) is 6.61 Å². The Labute approximate surface area is 179 Å². The van der Waals surface area contributed by atoms with E-state index in [2.05, 4.69) is 10.3 Å². The van der Waals surface area contributed by atoms with Crippen LogP contribution in [0.4, 0.5) is 0 Å². The van der Waals surface area contributed by atoms with Crippen LogP contribution in [-0.4, -0.2) is 37.1 Å². The van der Waals surface area contributed by atoms with Gasteiger partial charge in [0.1, 0.15) is 5.75 Å². The Morgan fingerprint density at radius 1 is 1.06 bits per heavy atom. The molecule has 0 saturated carbocycles. The number of nitrogens with one attached hydrogen (secondary N) is 2. The van der Waals surface area contributed by atoms with E-state index in [0.29, 0.717) is 6.54 Å². The molecule has 4 rings (SSSR count). The number of fused-ring (bicyclic) bond motifs is 1. The minimum Gasteiger partial charge on any atom is -0.497 e. The van der Waals surface area contributed by atoms with Gasteiger partial charge in [-0.3, -0.25) is 4.79 Å². The molecule has 7 nitrogen and oxygen atoms in total. The molecule has 0 fully saturated rings. The number of hydrogen-bond acceptors (Lipinski definition) is 5. The van der Waals surface area contributed by atoms with Crippen molar-refractivity contribution in [1.82, 2.24) is 10.3 Å². The lowest BCUT2D eigenvalue weighted by Gasteiger charge is -2.18. The van der Waals surface area contributed by atoms with Crippen LogP contribution in [0.15, 0.2) is 77.5 Å². The van der Waals surface area contributed by atoms with Crippen LogP contribution in [0.3, 0.4) is 0 Å². The first-order chi connectivity index (χ1) is 15.2. The lowest BCUT2D eigenvalue weighted by molar-refractivity contribution is -0.124. The maximum Gasteiger partial charge on any atom is 0.374 e. The van der Waals surface area contributed by atoms with Crippen molar-refractivity contribution in [3.05, 3.63) is 90.0 Å². The fourth-order valence-electron chi connectivity index (χ4n) is 3.49. The summed E-state index contributed by atoms with van der Waals surface area (Å²) in [6.45, 7) is -0.0476. The molecule has 1 amide bonds. The third-order valence-electron chi connectivity index (χ3n) is 5.07. The smallest absolute Gasteiger partial charge is 0.374 e. The molecular weight excluding hydrogens is 396 g/mol. The number of benzene rings is 2. The molecule has 0 aliphatic heterocycles. The highest BCUT2D eigenvalue weighted by Gasteiger charge is 2.20. The van der Waals surface area contributed by atoms with Gasteiger partial charge in [-0.25, -0.2) is 4.79 Å². The van der Waals surface area contributed by atoms with Gasteiger partial charge in [0.05, 0.1) is 13.4 Å². The maximum absolute atomic E-state index is 12.3. The van der Waals surface area contributed by atoms with Crippen molar-refractivity contribution in [2.75, 3.05) is 20.3 Å². The van der Waals surface area contributed by atoms with Crippen LogP contribution in [0.2, 0.25) is 0 Å². The lowest BCUT2D eigenvalue weighted by atomic mass is 9.91. The minimum absolute atomic E-state index is 0.0581. The summed E-state index contributed by atoms with van der Waals surface area (Å²) in [5.74, 6) is -0.355. The number of aromatic nitrogens is 1. The highest BCUT2D eigenvalue weighted by Crippen LogP contribution is 2.31. The van der Waals surface area contributed by atoms with Gasteiger partial charge in [0.25, 0.3) is 5.91 Å². The molecule has 1 atom stereocenters. The SMILES string of the molecule is COc1ccc([C@@H](CNC(=O)COC(=O)c2ccco2)c2c[nH]c3ccccc23)cc1. The van der Waals surface area contributed by atoms with Crippen LogP contribution in [0.1, 0.15) is 27.6 Å². The Morgan fingerprint density at radius 3 is 2.61 bits per heavy atom. The van der Waals surface area contributed by atoms with Crippen molar-refractivity contribution in [1.29, 1.82) is 0 Å². The standard InChI is InChI=1S/C24H22N2O5/c1-29-17-10-8-16(9-11-17)19(20-14-25-21-6-3-2-5-18(20)21)13-26-23(27)15-31-24(28)22-7-4-12-30-22/h2-12,14,19,25H,13,15H2,1H3,(H,26,27)/t19-/m1/s1. The number of H-pyrrole nitrogens is 1. The van der Waals surface area contributed by atoms with Crippen molar-refractivity contribution in [2.24, 2.45) is 0 Å². The third kappa shape index (κ3) is 4.61. The van der Waals surface area contributed by atoms with Crippen molar-refractivity contribution < 1.29 is 23.5 Å². The van der Waals surface area contributed by atoms with E-state index < -0.39 is 11.9 Å². The second-order valence-electron chi connectivity index (χ2n) is 6.97. The maximum atomic E-state index is 12.3. The van der Waals surface area contributed by atoms with E-state index in [1.807, 2.05) is 54.7 Å². The van der Waals surface area contributed by atoms with Crippen molar-refractivity contribution in [3.8, 4) is 5.75 Å². The quantitative estimate of drug-likeness (QED) is 0.424. The summed E-state index contributed by atoms with van der Waals surface area (Å²) in [5, 5.41) is 3.96. The molecule has 7 heteroatoms. The number of amides is 1. The average Bonchev–Trinajstić information content (AvgIpc) is 3.49. The number of carbonyl (C=O) groups is 2. The number of esters is 1. The molecule has 31 heavy (non-hydrogen) atoms.